The molecule has 0 bridgehead atoms. The van der Waals surface area contributed by atoms with Gasteiger partial charge in [0.1, 0.15) is 23.4 Å². The van der Waals surface area contributed by atoms with Crippen LogP contribution in [0.3, 0.4) is 0 Å². The van der Waals surface area contributed by atoms with E-state index in [1.165, 1.54) is 6.26 Å². The van der Waals surface area contributed by atoms with Crippen molar-refractivity contribution >= 4 is 9.84 Å². The van der Waals surface area contributed by atoms with E-state index >= 15 is 0 Å². The average Bonchev–Trinajstić information content (AvgIpc) is 2.34. The van der Waals surface area contributed by atoms with Gasteiger partial charge in [-0.15, -0.1) is 0 Å². The Morgan fingerprint density at radius 1 is 1.40 bits per heavy atom. The smallest absolute Gasteiger partial charge is 0.179 e. The third kappa shape index (κ3) is 3.94. The summed E-state index contributed by atoms with van der Waals surface area (Å²) in [4.78, 5) is 0.211. The predicted octanol–water partition coefficient (Wildman–Crippen LogP) is 1.24. The van der Waals surface area contributed by atoms with Crippen LogP contribution in [0.15, 0.2) is 29.2 Å². The van der Waals surface area contributed by atoms with Gasteiger partial charge in [-0.25, -0.2) is 8.42 Å². The zero-order chi connectivity index (χ0) is 14.8. The first kappa shape index (κ1) is 15.3. The van der Waals surface area contributed by atoms with Gasteiger partial charge in [-0.05, 0) is 26.0 Å². The second kappa shape index (κ2) is 5.71. The lowest BCUT2D eigenvalue weighted by Crippen LogP contribution is -2.52. The molecule has 112 valence electrons. The van der Waals surface area contributed by atoms with Crippen molar-refractivity contribution in [2.45, 2.75) is 30.4 Å². The summed E-state index contributed by atoms with van der Waals surface area (Å²) in [6.07, 6.45) is 1.09. The Bertz CT molecular complexity index is 568. The summed E-state index contributed by atoms with van der Waals surface area (Å²) in [5.74, 6) is 0.377. The standard InChI is InChI=1S/C14H21NO4S/c1-14(2)10-15-8-11(19-14)9-18-12-6-4-5-7-13(12)20(3,16)17/h4-7,11,15H,8-10H2,1-3H3. The monoisotopic (exact) mass is 299 g/mol. The van der Waals surface area contributed by atoms with E-state index in [2.05, 4.69) is 5.32 Å². The Kier molecular flexibility index (Phi) is 4.36. The van der Waals surface area contributed by atoms with Crippen LogP contribution < -0.4 is 10.1 Å². The molecule has 1 aliphatic heterocycles. The van der Waals surface area contributed by atoms with E-state index in [-0.39, 0.29) is 16.6 Å². The molecule has 0 spiro atoms. The molecule has 1 aromatic carbocycles. The number of rotatable bonds is 4. The van der Waals surface area contributed by atoms with Crippen LogP contribution in [0.25, 0.3) is 0 Å². The molecule has 5 nitrogen and oxygen atoms in total. The van der Waals surface area contributed by atoms with Gasteiger partial charge < -0.3 is 14.8 Å². The molecular formula is C14H21NO4S. The molecule has 1 aromatic rings. The summed E-state index contributed by atoms with van der Waals surface area (Å²) in [5, 5.41) is 3.28. The van der Waals surface area contributed by atoms with Crippen LogP contribution in [0.4, 0.5) is 0 Å². The summed E-state index contributed by atoms with van der Waals surface area (Å²) in [5.41, 5.74) is -0.234. The molecule has 0 saturated carbocycles. The van der Waals surface area contributed by atoms with Crippen molar-refractivity contribution in [2.24, 2.45) is 0 Å². The zero-order valence-electron chi connectivity index (χ0n) is 12.0. The summed E-state index contributed by atoms with van der Waals surface area (Å²) < 4.78 is 34.9. The van der Waals surface area contributed by atoms with E-state index in [0.29, 0.717) is 18.9 Å². The van der Waals surface area contributed by atoms with Crippen molar-refractivity contribution in [2.75, 3.05) is 26.0 Å². The topological polar surface area (TPSA) is 64.6 Å². The molecule has 1 N–H and O–H groups in total. The predicted molar refractivity (Wildman–Crippen MR) is 76.9 cm³/mol. The highest BCUT2D eigenvalue weighted by atomic mass is 32.2. The van der Waals surface area contributed by atoms with Crippen LogP contribution in [0.5, 0.6) is 5.75 Å². The van der Waals surface area contributed by atoms with Crippen LogP contribution in [-0.2, 0) is 14.6 Å². The van der Waals surface area contributed by atoms with Crippen LogP contribution in [0.1, 0.15) is 13.8 Å². The minimum Gasteiger partial charge on any atom is -0.489 e. The highest BCUT2D eigenvalue weighted by Gasteiger charge is 2.28. The number of para-hydroxylation sites is 1. The molecule has 0 radical (unpaired) electrons. The Morgan fingerprint density at radius 3 is 2.75 bits per heavy atom. The van der Waals surface area contributed by atoms with Gasteiger partial charge in [0, 0.05) is 19.3 Å². The van der Waals surface area contributed by atoms with Gasteiger partial charge in [-0.1, -0.05) is 12.1 Å². The molecule has 1 atom stereocenters. The van der Waals surface area contributed by atoms with Crippen molar-refractivity contribution in [3.63, 3.8) is 0 Å². The van der Waals surface area contributed by atoms with Crippen LogP contribution >= 0.6 is 0 Å². The second-order valence-corrected chi connectivity index (χ2v) is 7.64. The lowest BCUT2D eigenvalue weighted by Gasteiger charge is -2.36. The lowest BCUT2D eigenvalue weighted by molar-refractivity contribution is -0.107. The largest absolute Gasteiger partial charge is 0.489 e. The fourth-order valence-electron chi connectivity index (χ4n) is 2.22. The van der Waals surface area contributed by atoms with Crippen molar-refractivity contribution in [1.82, 2.24) is 5.32 Å². The van der Waals surface area contributed by atoms with Crippen LogP contribution in [0.2, 0.25) is 0 Å². The molecule has 0 aromatic heterocycles. The number of benzene rings is 1. The zero-order valence-corrected chi connectivity index (χ0v) is 12.9. The molecule has 1 heterocycles. The normalized spacial score (nSPS) is 22.4. The maximum Gasteiger partial charge on any atom is 0.179 e. The fourth-order valence-corrected chi connectivity index (χ4v) is 3.04. The third-order valence-corrected chi connectivity index (χ3v) is 4.22. The van der Waals surface area contributed by atoms with Gasteiger partial charge in [0.05, 0.1) is 5.60 Å². The number of sulfone groups is 1. The third-order valence-electron chi connectivity index (χ3n) is 3.08. The number of hydrogen-bond donors (Lipinski definition) is 1. The Morgan fingerprint density at radius 2 is 2.10 bits per heavy atom. The molecule has 2 rings (SSSR count). The minimum absolute atomic E-state index is 0.0913. The van der Waals surface area contributed by atoms with Gasteiger partial charge in [-0.3, -0.25) is 0 Å². The van der Waals surface area contributed by atoms with Gasteiger partial charge in [0.15, 0.2) is 9.84 Å². The first-order valence-corrected chi connectivity index (χ1v) is 8.47. The Balaban J connectivity index is 2.05. The molecule has 1 fully saturated rings. The number of hydrogen-bond acceptors (Lipinski definition) is 5. The van der Waals surface area contributed by atoms with E-state index in [1.807, 2.05) is 13.8 Å². The van der Waals surface area contributed by atoms with E-state index in [0.717, 1.165) is 6.54 Å². The van der Waals surface area contributed by atoms with Crippen LogP contribution in [-0.4, -0.2) is 46.1 Å². The van der Waals surface area contributed by atoms with Crippen molar-refractivity contribution in [3.05, 3.63) is 24.3 Å². The summed E-state index contributed by atoms with van der Waals surface area (Å²) in [7, 11) is -3.29. The number of morpholine rings is 1. The summed E-state index contributed by atoms with van der Waals surface area (Å²) in [6.45, 7) is 5.84. The molecule has 6 heteroatoms. The van der Waals surface area contributed by atoms with E-state index in [4.69, 9.17) is 9.47 Å². The molecular weight excluding hydrogens is 278 g/mol. The molecule has 1 saturated heterocycles. The molecule has 0 amide bonds. The highest BCUT2D eigenvalue weighted by Crippen LogP contribution is 2.24. The molecule has 1 aliphatic rings. The highest BCUT2D eigenvalue weighted by molar-refractivity contribution is 7.90. The van der Waals surface area contributed by atoms with E-state index < -0.39 is 9.84 Å². The molecule has 1 unspecified atom stereocenters. The first-order valence-electron chi connectivity index (χ1n) is 6.58. The maximum atomic E-state index is 11.7. The van der Waals surface area contributed by atoms with Crippen molar-refractivity contribution < 1.29 is 17.9 Å². The number of ether oxygens (including phenoxy) is 2. The minimum atomic E-state index is -3.29. The quantitative estimate of drug-likeness (QED) is 0.906. The van der Waals surface area contributed by atoms with Crippen LogP contribution in [0, 0.1) is 0 Å². The fraction of sp³-hybridized carbons (Fsp3) is 0.571. The van der Waals surface area contributed by atoms with Crippen molar-refractivity contribution in [1.29, 1.82) is 0 Å². The van der Waals surface area contributed by atoms with Gasteiger partial charge in [-0.2, -0.15) is 0 Å². The van der Waals surface area contributed by atoms with Crippen molar-refractivity contribution in [3.8, 4) is 5.75 Å². The van der Waals surface area contributed by atoms with Gasteiger partial charge in [0.2, 0.25) is 0 Å². The van der Waals surface area contributed by atoms with Gasteiger partial charge >= 0.3 is 0 Å². The van der Waals surface area contributed by atoms with E-state index in [1.54, 1.807) is 24.3 Å². The first-order chi connectivity index (χ1) is 9.28. The summed E-state index contributed by atoms with van der Waals surface area (Å²) >= 11 is 0. The molecule has 0 aliphatic carbocycles. The van der Waals surface area contributed by atoms with E-state index in [9.17, 15) is 8.42 Å². The SMILES string of the molecule is CC1(C)CNCC(COc2ccccc2S(C)(=O)=O)O1. The average molecular weight is 299 g/mol. The second-order valence-electron chi connectivity index (χ2n) is 5.66. The summed E-state index contributed by atoms with van der Waals surface area (Å²) in [6, 6.07) is 6.66. The van der Waals surface area contributed by atoms with Gasteiger partial charge in [0.25, 0.3) is 0 Å². The number of nitrogens with one attached hydrogen (secondary N) is 1. The maximum absolute atomic E-state index is 11.7. The Labute approximate surface area is 120 Å². The lowest BCUT2D eigenvalue weighted by atomic mass is 10.1. The molecule has 20 heavy (non-hydrogen) atoms. The Hall–Kier alpha value is -1.11.